The van der Waals surface area contributed by atoms with Crippen molar-refractivity contribution in [3.05, 3.63) is 66.0 Å². The van der Waals surface area contributed by atoms with Gasteiger partial charge in [-0.05, 0) is 40.8 Å². The molecule has 0 aliphatic carbocycles. The van der Waals surface area contributed by atoms with Crippen molar-refractivity contribution in [3.8, 4) is 17.2 Å². The number of hydrazine groups is 1. The Kier molecular flexibility index (Phi) is 3.52. The third-order valence-corrected chi connectivity index (χ3v) is 3.59. The third kappa shape index (κ3) is 2.39. The number of allylic oxidation sites excluding steroid dienone is 1. The minimum atomic E-state index is 0.151. The zero-order valence-electron chi connectivity index (χ0n) is 11.8. The van der Waals surface area contributed by atoms with Gasteiger partial charge in [0.05, 0.1) is 5.70 Å². The molecule has 0 saturated carbocycles. The molecule has 0 bridgehead atoms. The Morgan fingerprint density at radius 2 is 1.91 bits per heavy atom. The van der Waals surface area contributed by atoms with E-state index in [0.717, 1.165) is 27.6 Å². The van der Waals surface area contributed by atoms with Crippen molar-refractivity contribution in [2.45, 2.75) is 0 Å². The van der Waals surface area contributed by atoms with Gasteiger partial charge in [0.2, 0.25) is 0 Å². The number of hydrogen-bond donors (Lipinski definition) is 4. The zero-order chi connectivity index (χ0) is 15.5. The molecule has 0 aliphatic heterocycles. The SMILES string of the molecule is N#C/C(NN)=C(/N)c1cccc(-c2ccc3[nH]ccc3c2)c1. The van der Waals surface area contributed by atoms with E-state index in [1.807, 2.05) is 54.7 Å². The molecule has 1 aromatic heterocycles. The van der Waals surface area contributed by atoms with Gasteiger partial charge in [-0.25, -0.2) is 5.84 Å². The first-order valence-electron chi connectivity index (χ1n) is 6.77. The lowest BCUT2D eigenvalue weighted by Gasteiger charge is -2.08. The van der Waals surface area contributed by atoms with E-state index in [1.165, 1.54) is 0 Å². The summed E-state index contributed by atoms with van der Waals surface area (Å²) in [6.07, 6.45) is 1.91. The predicted octanol–water partition coefficient (Wildman–Crippen LogP) is 2.45. The quantitative estimate of drug-likeness (QED) is 0.338. The van der Waals surface area contributed by atoms with Crippen molar-refractivity contribution >= 4 is 16.6 Å². The Labute approximate surface area is 127 Å². The number of nitriles is 1. The molecule has 3 aromatic rings. The number of aromatic nitrogens is 1. The molecule has 0 atom stereocenters. The standard InChI is InChI=1S/C17H15N5/c18-10-16(22-20)17(19)14-3-1-2-11(9-14)12-4-5-15-13(8-12)6-7-21-15/h1-9,21-22H,19-20H2/b17-16-. The summed E-state index contributed by atoms with van der Waals surface area (Å²) < 4.78 is 0. The van der Waals surface area contributed by atoms with Crippen molar-refractivity contribution in [3.63, 3.8) is 0 Å². The van der Waals surface area contributed by atoms with E-state index in [2.05, 4.69) is 16.5 Å². The molecule has 0 radical (unpaired) electrons. The second-order valence-corrected chi connectivity index (χ2v) is 4.91. The minimum absolute atomic E-state index is 0.151. The number of nitrogens with one attached hydrogen (secondary N) is 2. The second-order valence-electron chi connectivity index (χ2n) is 4.91. The summed E-state index contributed by atoms with van der Waals surface area (Å²) in [6.45, 7) is 0. The van der Waals surface area contributed by atoms with Crippen LogP contribution < -0.4 is 17.0 Å². The molecule has 6 N–H and O–H groups in total. The third-order valence-electron chi connectivity index (χ3n) is 3.59. The average Bonchev–Trinajstić information content (AvgIpc) is 3.03. The molecule has 5 nitrogen and oxygen atoms in total. The van der Waals surface area contributed by atoms with Gasteiger partial charge in [-0.3, -0.25) is 0 Å². The van der Waals surface area contributed by atoms with E-state index in [1.54, 1.807) is 0 Å². The van der Waals surface area contributed by atoms with E-state index >= 15 is 0 Å². The zero-order valence-corrected chi connectivity index (χ0v) is 11.8. The fraction of sp³-hybridized carbons (Fsp3) is 0. The number of fused-ring (bicyclic) bond motifs is 1. The van der Waals surface area contributed by atoms with Crippen molar-refractivity contribution in [2.24, 2.45) is 11.6 Å². The molecule has 0 amide bonds. The van der Waals surface area contributed by atoms with E-state index in [4.69, 9.17) is 16.8 Å². The molecule has 3 rings (SSSR count). The summed E-state index contributed by atoms with van der Waals surface area (Å²) >= 11 is 0. The lowest BCUT2D eigenvalue weighted by atomic mass is 10.0. The Balaban J connectivity index is 2.08. The van der Waals surface area contributed by atoms with Crippen LogP contribution in [0.25, 0.3) is 27.7 Å². The maximum absolute atomic E-state index is 9.00. The number of rotatable bonds is 3. The molecular weight excluding hydrogens is 274 g/mol. The molecule has 22 heavy (non-hydrogen) atoms. The van der Waals surface area contributed by atoms with Crippen LogP contribution in [0.5, 0.6) is 0 Å². The molecule has 0 spiro atoms. The molecule has 0 fully saturated rings. The summed E-state index contributed by atoms with van der Waals surface area (Å²) in [6, 6.07) is 17.9. The fourth-order valence-corrected chi connectivity index (χ4v) is 2.41. The summed E-state index contributed by atoms with van der Waals surface area (Å²) in [5.74, 6) is 5.31. The number of benzene rings is 2. The van der Waals surface area contributed by atoms with Gasteiger partial charge in [0, 0.05) is 17.3 Å². The van der Waals surface area contributed by atoms with E-state index < -0.39 is 0 Å². The van der Waals surface area contributed by atoms with E-state index in [-0.39, 0.29) is 5.70 Å². The maximum atomic E-state index is 9.00. The Hall–Kier alpha value is -3.23. The van der Waals surface area contributed by atoms with E-state index in [0.29, 0.717) is 5.70 Å². The van der Waals surface area contributed by atoms with Gasteiger partial charge in [-0.2, -0.15) is 5.26 Å². The first-order chi connectivity index (χ1) is 10.7. The van der Waals surface area contributed by atoms with Gasteiger partial charge in [0.25, 0.3) is 0 Å². The fourth-order valence-electron chi connectivity index (χ4n) is 2.41. The highest BCUT2D eigenvalue weighted by Crippen LogP contribution is 2.26. The Morgan fingerprint density at radius 1 is 1.09 bits per heavy atom. The molecule has 0 saturated heterocycles. The molecule has 108 valence electrons. The second kappa shape index (κ2) is 5.64. The van der Waals surface area contributed by atoms with Crippen molar-refractivity contribution in [1.29, 1.82) is 5.26 Å². The number of aromatic amines is 1. The molecule has 0 unspecified atom stereocenters. The molecule has 1 heterocycles. The van der Waals surface area contributed by atoms with Gasteiger partial charge in [-0.15, -0.1) is 0 Å². The minimum Gasteiger partial charge on any atom is -0.396 e. The summed E-state index contributed by atoms with van der Waals surface area (Å²) in [7, 11) is 0. The van der Waals surface area contributed by atoms with E-state index in [9.17, 15) is 0 Å². The highest BCUT2D eigenvalue weighted by atomic mass is 15.2. The lowest BCUT2D eigenvalue weighted by molar-refractivity contribution is 0.920. The molecule has 2 aromatic carbocycles. The number of nitrogens with zero attached hydrogens (tertiary/aromatic N) is 1. The van der Waals surface area contributed by atoms with Crippen molar-refractivity contribution < 1.29 is 0 Å². The highest BCUT2D eigenvalue weighted by molar-refractivity contribution is 5.85. The van der Waals surface area contributed by atoms with Gasteiger partial charge >= 0.3 is 0 Å². The smallest absolute Gasteiger partial charge is 0.151 e. The lowest BCUT2D eigenvalue weighted by Crippen LogP contribution is -2.23. The van der Waals surface area contributed by atoms with Crippen LogP contribution in [-0.2, 0) is 0 Å². The largest absolute Gasteiger partial charge is 0.396 e. The average molecular weight is 289 g/mol. The number of nitrogens with two attached hydrogens (primary N) is 2. The summed E-state index contributed by atoms with van der Waals surface area (Å²) in [5.41, 5.74) is 12.7. The monoisotopic (exact) mass is 289 g/mol. The van der Waals surface area contributed by atoms with Gasteiger partial charge < -0.3 is 16.1 Å². The normalized spacial score (nSPS) is 11.8. The van der Waals surface area contributed by atoms with Crippen molar-refractivity contribution in [1.82, 2.24) is 10.4 Å². The Morgan fingerprint density at radius 3 is 2.68 bits per heavy atom. The van der Waals surface area contributed by atoms with Crippen LogP contribution in [0.1, 0.15) is 5.56 Å². The highest BCUT2D eigenvalue weighted by Gasteiger charge is 2.07. The maximum Gasteiger partial charge on any atom is 0.151 e. The summed E-state index contributed by atoms with van der Waals surface area (Å²) in [5, 5.41) is 10.2. The molecule has 0 aliphatic rings. The summed E-state index contributed by atoms with van der Waals surface area (Å²) in [4.78, 5) is 3.17. The topological polar surface area (TPSA) is 104 Å². The van der Waals surface area contributed by atoms with Crippen LogP contribution in [0.15, 0.2) is 60.4 Å². The first kappa shape index (κ1) is 13.7. The van der Waals surface area contributed by atoms with Crippen molar-refractivity contribution in [2.75, 3.05) is 0 Å². The molecular formula is C17H15N5. The van der Waals surface area contributed by atoms with Crippen LogP contribution in [-0.4, -0.2) is 4.98 Å². The van der Waals surface area contributed by atoms with Crippen LogP contribution in [0.2, 0.25) is 0 Å². The van der Waals surface area contributed by atoms with Crippen LogP contribution in [0, 0.1) is 11.3 Å². The van der Waals surface area contributed by atoms with Crippen LogP contribution in [0.3, 0.4) is 0 Å². The van der Waals surface area contributed by atoms with Gasteiger partial charge in [-0.1, -0.05) is 24.3 Å². The van der Waals surface area contributed by atoms with Gasteiger partial charge in [0.15, 0.2) is 5.70 Å². The van der Waals surface area contributed by atoms with Crippen LogP contribution in [0.4, 0.5) is 0 Å². The van der Waals surface area contributed by atoms with Crippen LogP contribution >= 0.6 is 0 Å². The first-order valence-corrected chi connectivity index (χ1v) is 6.77. The number of H-pyrrole nitrogens is 1. The predicted molar refractivity (Wildman–Crippen MR) is 87.8 cm³/mol. The number of hydrogen-bond acceptors (Lipinski definition) is 4. The Bertz CT molecular complexity index is 899. The molecule has 5 heteroatoms. The van der Waals surface area contributed by atoms with Gasteiger partial charge in [0.1, 0.15) is 6.07 Å².